The summed E-state index contributed by atoms with van der Waals surface area (Å²) in [5.74, 6) is -2.46. The highest BCUT2D eigenvalue weighted by atomic mass is 16.5. The van der Waals surface area contributed by atoms with Crippen LogP contribution in [0.15, 0.2) is 60.2 Å². The fourth-order valence-corrected chi connectivity index (χ4v) is 4.95. The molecule has 0 aliphatic carbocycles. The van der Waals surface area contributed by atoms with Gasteiger partial charge in [-0.05, 0) is 18.9 Å². The molecule has 2 aromatic rings. The Bertz CT molecular complexity index is 1120. The number of likely N-dealkylation sites (tertiary alicyclic amines) is 1. The average molecular weight is 418 g/mol. The highest BCUT2D eigenvalue weighted by Crippen LogP contribution is 2.53. The Morgan fingerprint density at radius 2 is 1.81 bits per heavy atom. The smallest absolute Gasteiger partial charge is 0.296 e. The molecule has 3 heterocycles. The van der Waals surface area contributed by atoms with Gasteiger partial charge < -0.3 is 19.6 Å². The van der Waals surface area contributed by atoms with Crippen LogP contribution in [0.1, 0.15) is 24.0 Å². The van der Waals surface area contributed by atoms with Gasteiger partial charge in [-0.1, -0.05) is 48.5 Å². The number of hydrogen-bond acceptors (Lipinski definition) is 5. The van der Waals surface area contributed by atoms with Crippen molar-refractivity contribution in [1.29, 1.82) is 0 Å². The van der Waals surface area contributed by atoms with Crippen LogP contribution in [0.2, 0.25) is 0 Å². The lowest BCUT2D eigenvalue weighted by atomic mass is 9.81. The van der Waals surface area contributed by atoms with Crippen LogP contribution in [0.3, 0.4) is 0 Å². The van der Waals surface area contributed by atoms with E-state index in [-0.39, 0.29) is 24.0 Å². The first-order valence-electron chi connectivity index (χ1n) is 10.3. The number of aliphatic hydroxyl groups excluding tert-OH is 1. The van der Waals surface area contributed by atoms with Gasteiger partial charge in [0.1, 0.15) is 5.76 Å². The summed E-state index contributed by atoms with van der Waals surface area (Å²) in [6, 6.07) is 15.6. The number of amides is 2. The van der Waals surface area contributed by atoms with E-state index in [1.54, 1.807) is 61.6 Å². The van der Waals surface area contributed by atoms with Crippen molar-refractivity contribution in [3.8, 4) is 0 Å². The monoisotopic (exact) mass is 418 g/mol. The zero-order chi connectivity index (χ0) is 21.8. The van der Waals surface area contributed by atoms with Crippen LogP contribution in [0.4, 0.5) is 5.69 Å². The highest BCUT2D eigenvalue weighted by Gasteiger charge is 2.66. The molecule has 3 aliphatic heterocycles. The number of likely N-dealkylation sites (N-methyl/N-ethyl adjacent to an activating group) is 1. The van der Waals surface area contributed by atoms with Gasteiger partial charge in [0.2, 0.25) is 0 Å². The van der Waals surface area contributed by atoms with E-state index in [2.05, 4.69) is 0 Å². The van der Waals surface area contributed by atoms with Gasteiger partial charge >= 0.3 is 0 Å². The summed E-state index contributed by atoms with van der Waals surface area (Å²) >= 11 is 0. The SMILES string of the molecule is CN1C(=O)C2(/C(=C(/O)c3ccccc3)C(=O)C(=O)N2CC2CCCO2)c2ccccc21. The van der Waals surface area contributed by atoms with Crippen LogP contribution in [-0.2, 0) is 24.7 Å². The van der Waals surface area contributed by atoms with Gasteiger partial charge in [0.15, 0.2) is 5.54 Å². The Labute approximate surface area is 179 Å². The summed E-state index contributed by atoms with van der Waals surface area (Å²) in [7, 11) is 1.62. The number of ketones is 1. The zero-order valence-electron chi connectivity index (χ0n) is 17.1. The Hall–Kier alpha value is -3.45. The summed E-state index contributed by atoms with van der Waals surface area (Å²) in [6.07, 6.45) is 1.33. The van der Waals surface area contributed by atoms with Crippen molar-refractivity contribution in [2.24, 2.45) is 0 Å². The number of aliphatic hydroxyl groups is 1. The number of rotatable bonds is 3. The maximum Gasteiger partial charge on any atom is 0.296 e. The second-order valence-corrected chi connectivity index (χ2v) is 8.06. The van der Waals surface area contributed by atoms with E-state index >= 15 is 0 Å². The molecule has 0 bridgehead atoms. The molecular formula is C24H22N2O5. The second-order valence-electron chi connectivity index (χ2n) is 8.06. The molecule has 1 N–H and O–H groups in total. The van der Waals surface area contributed by atoms with Gasteiger partial charge in [-0.3, -0.25) is 14.4 Å². The number of Topliss-reactive ketones (excluding diaryl/α,β-unsaturated/α-hetero) is 1. The third-order valence-corrected chi connectivity index (χ3v) is 6.40. The van der Waals surface area contributed by atoms with Gasteiger partial charge in [-0.2, -0.15) is 0 Å². The molecule has 158 valence electrons. The summed E-state index contributed by atoms with van der Waals surface area (Å²) in [4.78, 5) is 43.1. The molecule has 5 rings (SSSR count). The third-order valence-electron chi connectivity index (χ3n) is 6.40. The van der Waals surface area contributed by atoms with Crippen molar-refractivity contribution in [3.05, 3.63) is 71.3 Å². The molecule has 2 amide bonds. The van der Waals surface area contributed by atoms with Gasteiger partial charge in [0.05, 0.1) is 11.7 Å². The highest BCUT2D eigenvalue weighted by molar-refractivity contribution is 6.50. The summed E-state index contributed by atoms with van der Waals surface area (Å²) in [6.45, 7) is 0.681. The van der Waals surface area contributed by atoms with E-state index in [0.29, 0.717) is 23.4 Å². The van der Waals surface area contributed by atoms with Gasteiger partial charge in [-0.25, -0.2) is 0 Å². The summed E-state index contributed by atoms with van der Waals surface area (Å²) in [5.41, 5.74) is -0.422. The van der Waals surface area contributed by atoms with Crippen molar-refractivity contribution in [2.45, 2.75) is 24.5 Å². The van der Waals surface area contributed by atoms with Crippen molar-refractivity contribution < 1.29 is 24.2 Å². The lowest BCUT2D eigenvalue weighted by Crippen LogP contribution is -2.53. The van der Waals surface area contributed by atoms with E-state index in [1.165, 1.54) is 9.80 Å². The van der Waals surface area contributed by atoms with Gasteiger partial charge in [0.25, 0.3) is 17.6 Å². The number of nitrogens with zero attached hydrogens (tertiary/aromatic N) is 2. The lowest BCUT2D eigenvalue weighted by molar-refractivity contribution is -0.145. The number of carbonyl (C=O) groups excluding carboxylic acids is 3. The number of anilines is 1. The quantitative estimate of drug-likeness (QED) is 0.470. The first-order chi connectivity index (χ1) is 15.0. The van der Waals surface area contributed by atoms with E-state index in [4.69, 9.17) is 4.74 Å². The number of fused-ring (bicyclic) bond motifs is 2. The molecular weight excluding hydrogens is 396 g/mol. The van der Waals surface area contributed by atoms with Crippen molar-refractivity contribution >= 4 is 29.0 Å². The number of ether oxygens (including phenoxy) is 1. The molecule has 2 fully saturated rings. The van der Waals surface area contributed by atoms with Gasteiger partial charge in [0, 0.05) is 37.0 Å². The third kappa shape index (κ3) is 2.59. The summed E-state index contributed by atoms with van der Waals surface area (Å²) in [5, 5.41) is 11.2. The minimum absolute atomic E-state index is 0.101. The number of carbonyl (C=O) groups is 3. The molecule has 0 aromatic heterocycles. The Balaban J connectivity index is 1.80. The minimum Gasteiger partial charge on any atom is -0.507 e. The van der Waals surface area contributed by atoms with Gasteiger partial charge in [-0.15, -0.1) is 0 Å². The topological polar surface area (TPSA) is 87.2 Å². The molecule has 0 saturated carbocycles. The number of benzene rings is 2. The first kappa shape index (κ1) is 19.5. The molecule has 0 radical (unpaired) electrons. The Morgan fingerprint density at radius 3 is 2.52 bits per heavy atom. The van der Waals surface area contributed by atoms with E-state index in [1.807, 2.05) is 0 Å². The average Bonchev–Trinajstić information content (AvgIpc) is 3.45. The summed E-state index contributed by atoms with van der Waals surface area (Å²) < 4.78 is 5.72. The molecule has 2 saturated heterocycles. The standard InChI is InChI=1S/C24H22N2O5/c1-25-18-12-6-5-11-17(18)24(23(25)30)19(20(27)15-8-3-2-4-9-15)21(28)22(29)26(24)14-16-10-7-13-31-16/h2-6,8-9,11-12,16,27H,7,10,13-14H2,1H3/b20-19+. The van der Waals surface area contributed by atoms with Crippen molar-refractivity contribution in [3.63, 3.8) is 0 Å². The number of para-hydroxylation sites is 1. The van der Waals surface area contributed by atoms with Crippen LogP contribution in [0.5, 0.6) is 0 Å². The molecule has 2 unspecified atom stereocenters. The maximum absolute atomic E-state index is 13.8. The second kappa shape index (κ2) is 7.06. The van der Waals surface area contributed by atoms with Crippen LogP contribution in [-0.4, -0.2) is 53.9 Å². The largest absolute Gasteiger partial charge is 0.507 e. The fraction of sp³-hybridized carbons (Fsp3) is 0.292. The molecule has 3 aliphatic rings. The molecule has 2 atom stereocenters. The molecule has 2 aromatic carbocycles. The lowest BCUT2D eigenvalue weighted by Gasteiger charge is -2.35. The predicted octanol–water partition coefficient (Wildman–Crippen LogP) is 2.42. The van der Waals surface area contributed by atoms with Crippen LogP contribution in [0.25, 0.3) is 5.76 Å². The molecule has 1 spiro atoms. The maximum atomic E-state index is 13.8. The van der Waals surface area contributed by atoms with E-state index in [9.17, 15) is 19.5 Å². The number of hydrogen-bond donors (Lipinski definition) is 1. The fourth-order valence-electron chi connectivity index (χ4n) is 4.95. The molecule has 7 nitrogen and oxygen atoms in total. The van der Waals surface area contributed by atoms with Crippen LogP contribution < -0.4 is 4.90 Å². The minimum atomic E-state index is -1.72. The van der Waals surface area contributed by atoms with E-state index < -0.39 is 23.1 Å². The first-order valence-corrected chi connectivity index (χ1v) is 10.3. The van der Waals surface area contributed by atoms with Crippen molar-refractivity contribution in [2.75, 3.05) is 25.1 Å². The normalized spacial score (nSPS) is 26.9. The molecule has 7 heteroatoms. The van der Waals surface area contributed by atoms with Crippen LogP contribution in [0, 0.1) is 0 Å². The molecule has 31 heavy (non-hydrogen) atoms. The Kier molecular flexibility index (Phi) is 4.44. The Morgan fingerprint density at radius 1 is 1.10 bits per heavy atom. The van der Waals surface area contributed by atoms with Crippen molar-refractivity contribution in [1.82, 2.24) is 4.90 Å². The zero-order valence-corrected chi connectivity index (χ0v) is 17.1. The van der Waals surface area contributed by atoms with E-state index in [0.717, 1.165) is 12.8 Å². The van der Waals surface area contributed by atoms with Crippen LogP contribution >= 0.6 is 0 Å². The predicted molar refractivity (Wildman–Crippen MR) is 113 cm³/mol.